The van der Waals surface area contributed by atoms with Gasteiger partial charge in [-0.3, -0.25) is 14.3 Å². The molecule has 14 heteroatoms. The molecule has 0 saturated carbocycles. The van der Waals surface area contributed by atoms with E-state index in [-0.39, 0.29) is 54.2 Å². The van der Waals surface area contributed by atoms with Crippen LogP contribution >= 0.6 is 11.6 Å². The van der Waals surface area contributed by atoms with Gasteiger partial charge in [-0.05, 0) is 50.6 Å². The van der Waals surface area contributed by atoms with Gasteiger partial charge in [-0.1, -0.05) is 11.6 Å². The van der Waals surface area contributed by atoms with E-state index in [9.17, 15) is 32.3 Å². The first-order valence-electron chi connectivity index (χ1n) is 12.3. The number of benzene rings is 1. The smallest absolute Gasteiger partial charge is 0.394 e. The predicted molar refractivity (Wildman–Crippen MR) is 141 cm³/mol. The van der Waals surface area contributed by atoms with Crippen molar-refractivity contribution in [2.45, 2.75) is 39.0 Å². The number of hydrogen-bond donors (Lipinski definition) is 2. The van der Waals surface area contributed by atoms with Crippen LogP contribution in [0.3, 0.4) is 0 Å². The number of aliphatic hydroxyl groups excluding tert-OH is 1. The molecule has 1 saturated heterocycles. The van der Waals surface area contributed by atoms with Gasteiger partial charge >= 0.3 is 6.18 Å². The number of carbonyl (C=O) groups excluding carboxylic acids is 2. The van der Waals surface area contributed by atoms with E-state index in [0.29, 0.717) is 5.69 Å². The SMILES string of the molecule is Cc1cc(C(F)(F)F)cc(N2C[C@@H](C(=O)Nc3cc(C)n(CCO)n3)C[C@H]2C(=O)N(C)c2ccc(F)c(Cl)c2)n1. The molecule has 2 aromatic heterocycles. The minimum absolute atomic E-state index is 0.0305. The van der Waals surface area contributed by atoms with Crippen molar-refractivity contribution in [1.29, 1.82) is 0 Å². The zero-order valence-electron chi connectivity index (χ0n) is 21.8. The summed E-state index contributed by atoms with van der Waals surface area (Å²) in [5.41, 5.74) is 0.126. The maximum Gasteiger partial charge on any atom is 0.416 e. The third-order valence-corrected chi connectivity index (χ3v) is 6.97. The van der Waals surface area contributed by atoms with Gasteiger partial charge in [-0.15, -0.1) is 0 Å². The molecular formula is C26H27ClF4N6O3. The van der Waals surface area contributed by atoms with Gasteiger partial charge in [-0.2, -0.15) is 18.3 Å². The number of rotatable bonds is 7. The van der Waals surface area contributed by atoms with Crippen LogP contribution in [0.2, 0.25) is 5.02 Å². The Balaban J connectivity index is 1.66. The molecule has 4 rings (SSSR count). The van der Waals surface area contributed by atoms with Gasteiger partial charge in [0, 0.05) is 36.7 Å². The Kier molecular flexibility index (Phi) is 8.36. The molecule has 0 spiro atoms. The van der Waals surface area contributed by atoms with E-state index >= 15 is 0 Å². The number of amides is 2. The lowest BCUT2D eigenvalue weighted by Gasteiger charge is -2.29. The van der Waals surface area contributed by atoms with Gasteiger partial charge in [-0.25, -0.2) is 9.37 Å². The van der Waals surface area contributed by atoms with Crippen molar-refractivity contribution in [3.05, 3.63) is 64.2 Å². The molecule has 1 aliphatic rings. The molecule has 0 bridgehead atoms. The van der Waals surface area contributed by atoms with Crippen molar-refractivity contribution in [3.63, 3.8) is 0 Å². The number of halogens is 5. The lowest BCUT2D eigenvalue weighted by molar-refractivity contribution is -0.137. The van der Waals surface area contributed by atoms with Crippen molar-refractivity contribution in [2.24, 2.45) is 5.92 Å². The van der Waals surface area contributed by atoms with Gasteiger partial charge in [0.1, 0.15) is 17.7 Å². The Morgan fingerprint density at radius 3 is 2.58 bits per heavy atom. The maximum atomic E-state index is 13.7. The summed E-state index contributed by atoms with van der Waals surface area (Å²) >= 11 is 5.88. The summed E-state index contributed by atoms with van der Waals surface area (Å²) in [4.78, 5) is 33.7. The van der Waals surface area contributed by atoms with E-state index in [4.69, 9.17) is 11.6 Å². The molecule has 0 radical (unpaired) electrons. The van der Waals surface area contributed by atoms with Crippen molar-refractivity contribution in [1.82, 2.24) is 14.8 Å². The Labute approximate surface area is 232 Å². The Morgan fingerprint density at radius 1 is 1.20 bits per heavy atom. The molecule has 9 nitrogen and oxygen atoms in total. The molecule has 0 aliphatic carbocycles. The standard InChI is InChI=1S/C26H27ClF4N6O3/c1-14-8-17(26(29,30)31)11-23(32-14)36-13-16(24(39)33-22-9-15(2)37(34-22)6-7-38)10-21(36)25(40)35(3)18-4-5-20(28)19(27)12-18/h4-5,8-9,11-12,16,21,38H,6-7,10,13H2,1-3H3,(H,33,34,39)/t16-,21-/m0/s1. The van der Waals surface area contributed by atoms with Crippen molar-refractivity contribution in [3.8, 4) is 0 Å². The number of nitrogens with one attached hydrogen (secondary N) is 1. The zero-order valence-corrected chi connectivity index (χ0v) is 22.6. The second-order valence-corrected chi connectivity index (χ2v) is 9.96. The van der Waals surface area contributed by atoms with Crippen LogP contribution in [0.25, 0.3) is 0 Å². The van der Waals surface area contributed by atoms with E-state index < -0.39 is 41.3 Å². The van der Waals surface area contributed by atoms with Gasteiger partial charge in [0.05, 0.1) is 29.7 Å². The molecule has 3 heterocycles. The highest BCUT2D eigenvalue weighted by atomic mass is 35.5. The van der Waals surface area contributed by atoms with Gasteiger partial charge in [0.25, 0.3) is 0 Å². The minimum atomic E-state index is -4.65. The van der Waals surface area contributed by atoms with Gasteiger partial charge in [0.2, 0.25) is 11.8 Å². The van der Waals surface area contributed by atoms with E-state index in [0.717, 1.165) is 18.2 Å². The third kappa shape index (κ3) is 6.20. The summed E-state index contributed by atoms with van der Waals surface area (Å²) < 4.78 is 56.0. The number of aromatic nitrogens is 3. The van der Waals surface area contributed by atoms with Crippen LogP contribution in [0, 0.1) is 25.6 Å². The molecule has 3 aromatic rings. The summed E-state index contributed by atoms with van der Waals surface area (Å²) in [7, 11) is 1.43. The number of aliphatic hydroxyl groups is 1. The number of alkyl halides is 3. The summed E-state index contributed by atoms with van der Waals surface area (Å²) in [5.74, 6) is -2.37. The molecule has 2 atom stereocenters. The number of pyridine rings is 1. The van der Waals surface area contributed by atoms with Crippen molar-refractivity contribution in [2.75, 3.05) is 35.3 Å². The normalized spacial score (nSPS) is 17.3. The minimum Gasteiger partial charge on any atom is -0.394 e. The highest BCUT2D eigenvalue weighted by Crippen LogP contribution is 2.36. The highest BCUT2D eigenvalue weighted by Gasteiger charge is 2.43. The summed E-state index contributed by atoms with van der Waals surface area (Å²) in [6.07, 6.45) is -4.68. The number of carbonyl (C=O) groups is 2. The summed E-state index contributed by atoms with van der Waals surface area (Å²) in [5, 5.41) is 15.9. The lowest BCUT2D eigenvalue weighted by atomic mass is 10.0. The predicted octanol–water partition coefficient (Wildman–Crippen LogP) is 4.20. The van der Waals surface area contributed by atoms with E-state index in [1.54, 1.807) is 13.0 Å². The fourth-order valence-electron chi connectivity index (χ4n) is 4.64. The first-order chi connectivity index (χ1) is 18.8. The number of likely N-dealkylation sites (N-methyl/N-ethyl adjacent to an activating group) is 1. The first kappa shape index (κ1) is 29.3. The van der Waals surface area contributed by atoms with Crippen LogP contribution in [0.5, 0.6) is 0 Å². The number of hydrogen-bond acceptors (Lipinski definition) is 6. The van der Waals surface area contributed by atoms with Crippen LogP contribution in [0.1, 0.15) is 23.4 Å². The van der Waals surface area contributed by atoms with Gasteiger partial charge in [0.15, 0.2) is 5.82 Å². The molecule has 2 amide bonds. The van der Waals surface area contributed by atoms with Crippen LogP contribution in [0.4, 0.5) is 34.9 Å². The Morgan fingerprint density at radius 2 is 1.93 bits per heavy atom. The van der Waals surface area contributed by atoms with Crippen LogP contribution in [-0.4, -0.2) is 57.9 Å². The molecule has 2 N–H and O–H groups in total. The zero-order chi connectivity index (χ0) is 29.4. The average Bonchev–Trinajstić information content (AvgIpc) is 3.48. The monoisotopic (exact) mass is 582 g/mol. The maximum absolute atomic E-state index is 13.7. The second-order valence-electron chi connectivity index (χ2n) is 9.56. The molecule has 214 valence electrons. The fourth-order valence-corrected chi connectivity index (χ4v) is 4.81. The van der Waals surface area contributed by atoms with Crippen LogP contribution in [0.15, 0.2) is 36.4 Å². The molecule has 40 heavy (non-hydrogen) atoms. The van der Waals surface area contributed by atoms with Crippen molar-refractivity contribution < 1.29 is 32.3 Å². The number of nitrogens with zero attached hydrogens (tertiary/aromatic N) is 5. The average molecular weight is 583 g/mol. The van der Waals surface area contributed by atoms with Crippen molar-refractivity contribution >= 4 is 40.7 Å². The lowest BCUT2D eigenvalue weighted by Crippen LogP contribution is -2.44. The molecule has 1 fully saturated rings. The highest BCUT2D eigenvalue weighted by molar-refractivity contribution is 6.31. The second kappa shape index (κ2) is 11.4. The topological polar surface area (TPSA) is 104 Å². The summed E-state index contributed by atoms with van der Waals surface area (Å²) in [6.45, 7) is 3.16. The van der Waals surface area contributed by atoms with E-state index in [1.807, 2.05) is 0 Å². The van der Waals surface area contributed by atoms with Crippen LogP contribution in [-0.2, 0) is 22.3 Å². The van der Waals surface area contributed by atoms with E-state index in [2.05, 4.69) is 15.4 Å². The van der Waals surface area contributed by atoms with Gasteiger partial charge < -0.3 is 20.2 Å². The van der Waals surface area contributed by atoms with Crippen LogP contribution < -0.4 is 15.1 Å². The number of anilines is 3. The largest absolute Gasteiger partial charge is 0.416 e. The molecule has 1 aliphatic heterocycles. The quantitative estimate of drug-likeness (QED) is 0.405. The third-order valence-electron chi connectivity index (χ3n) is 6.68. The first-order valence-corrected chi connectivity index (χ1v) is 12.7. The number of aryl methyl sites for hydroxylation is 2. The fraction of sp³-hybridized carbons (Fsp3) is 0.385. The van der Waals surface area contributed by atoms with E-state index in [1.165, 1.54) is 40.6 Å². The Hall–Kier alpha value is -3.71. The Bertz CT molecular complexity index is 1430. The molecule has 1 aromatic carbocycles. The molecule has 0 unspecified atom stereocenters. The molecular weight excluding hydrogens is 556 g/mol. The summed E-state index contributed by atoms with van der Waals surface area (Å²) in [6, 6.07) is 6.01.